The zero-order valence-electron chi connectivity index (χ0n) is 12.7. The van der Waals surface area contributed by atoms with Crippen molar-refractivity contribution in [1.29, 1.82) is 0 Å². The summed E-state index contributed by atoms with van der Waals surface area (Å²) in [4.78, 5) is 0. The van der Waals surface area contributed by atoms with E-state index in [2.05, 4.69) is 5.32 Å². The van der Waals surface area contributed by atoms with Gasteiger partial charge in [0.05, 0.1) is 20.3 Å². The maximum absolute atomic E-state index is 14.2. The van der Waals surface area contributed by atoms with Crippen LogP contribution in [-0.4, -0.2) is 21.3 Å². The van der Waals surface area contributed by atoms with E-state index in [9.17, 15) is 4.39 Å². The highest BCUT2D eigenvalue weighted by molar-refractivity contribution is 5.46. The Bertz CT molecular complexity index is 628. The normalized spacial score (nSPS) is 12.0. The van der Waals surface area contributed by atoms with Crippen LogP contribution in [0.2, 0.25) is 0 Å². The fourth-order valence-electron chi connectivity index (χ4n) is 2.40. The van der Waals surface area contributed by atoms with Crippen molar-refractivity contribution >= 4 is 0 Å². The molecule has 0 bridgehead atoms. The Hall–Kier alpha value is -2.07. The molecule has 0 aromatic heterocycles. The van der Waals surface area contributed by atoms with E-state index in [1.165, 1.54) is 0 Å². The minimum atomic E-state index is -0.245. The number of ether oxygens (including phenoxy) is 2. The van der Waals surface area contributed by atoms with E-state index >= 15 is 0 Å². The lowest BCUT2D eigenvalue weighted by atomic mass is 9.97. The third-order valence-corrected chi connectivity index (χ3v) is 3.50. The summed E-state index contributed by atoms with van der Waals surface area (Å²) in [6, 6.07) is 10.6. The van der Waals surface area contributed by atoms with Gasteiger partial charge < -0.3 is 14.8 Å². The Balaban J connectivity index is 2.46. The van der Waals surface area contributed by atoms with Gasteiger partial charge in [-0.2, -0.15) is 0 Å². The highest BCUT2D eigenvalue weighted by Gasteiger charge is 2.18. The van der Waals surface area contributed by atoms with E-state index < -0.39 is 0 Å². The first-order valence-corrected chi connectivity index (χ1v) is 6.76. The minimum absolute atomic E-state index is 0.218. The van der Waals surface area contributed by atoms with Gasteiger partial charge in [-0.1, -0.05) is 18.2 Å². The molecule has 0 spiro atoms. The molecule has 0 aliphatic rings. The first-order chi connectivity index (χ1) is 10.1. The van der Waals surface area contributed by atoms with Gasteiger partial charge in [-0.25, -0.2) is 4.39 Å². The zero-order valence-corrected chi connectivity index (χ0v) is 12.7. The van der Waals surface area contributed by atoms with Crippen molar-refractivity contribution in [2.75, 3.05) is 21.3 Å². The van der Waals surface area contributed by atoms with Crippen LogP contribution in [0.15, 0.2) is 36.4 Å². The Labute approximate surface area is 124 Å². The Morgan fingerprint density at radius 3 is 2.29 bits per heavy atom. The van der Waals surface area contributed by atoms with Crippen LogP contribution in [0.1, 0.15) is 22.7 Å². The molecule has 0 saturated heterocycles. The lowest BCUT2D eigenvalue weighted by Crippen LogP contribution is -2.19. The first-order valence-electron chi connectivity index (χ1n) is 6.76. The van der Waals surface area contributed by atoms with Crippen LogP contribution in [0.3, 0.4) is 0 Å². The predicted octanol–water partition coefficient (Wildman–Crippen LogP) is 3.46. The van der Waals surface area contributed by atoms with Gasteiger partial charge in [0, 0.05) is 5.56 Å². The molecule has 0 radical (unpaired) electrons. The van der Waals surface area contributed by atoms with Crippen molar-refractivity contribution in [2.24, 2.45) is 0 Å². The average Bonchev–Trinajstić information content (AvgIpc) is 2.49. The highest BCUT2D eigenvalue weighted by atomic mass is 19.1. The number of methoxy groups -OCH3 is 2. The van der Waals surface area contributed by atoms with E-state index in [1.807, 2.05) is 37.3 Å². The summed E-state index contributed by atoms with van der Waals surface area (Å²) < 4.78 is 24.7. The molecule has 1 atom stereocenters. The summed E-state index contributed by atoms with van der Waals surface area (Å²) in [6.45, 7) is 1.87. The number of hydrogen-bond donors (Lipinski definition) is 1. The molecule has 2 rings (SSSR count). The van der Waals surface area contributed by atoms with E-state index in [-0.39, 0.29) is 11.9 Å². The molecule has 1 unspecified atom stereocenters. The van der Waals surface area contributed by atoms with Gasteiger partial charge in [0.25, 0.3) is 0 Å². The molecular weight excluding hydrogens is 269 g/mol. The molecule has 1 N–H and O–H groups in total. The van der Waals surface area contributed by atoms with Crippen molar-refractivity contribution in [3.8, 4) is 11.5 Å². The number of nitrogens with one attached hydrogen (secondary N) is 1. The Morgan fingerprint density at radius 1 is 1.00 bits per heavy atom. The summed E-state index contributed by atoms with van der Waals surface area (Å²) in [7, 11) is 4.98. The van der Waals surface area contributed by atoms with Gasteiger partial charge >= 0.3 is 0 Å². The number of halogens is 1. The number of rotatable bonds is 5. The topological polar surface area (TPSA) is 30.5 Å². The second-order valence-corrected chi connectivity index (χ2v) is 4.86. The summed E-state index contributed by atoms with van der Waals surface area (Å²) in [5.74, 6) is 1.06. The number of aryl methyl sites for hydroxylation is 1. The standard InChI is InChI=1S/C17H20FNO2/c1-11-5-7-13(14(18)9-11)17(19-2)12-6-8-15(20-3)16(10-12)21-4/h5-10,17,19H,1-4H3. The SMILES string of the molecule is CNC(c1ccc(OC)c(OC)c1)c1ccc(C)cc1F. The van der Waals surface area contributed by atoms with Crippen molar-refractivity contribution in [2.45, 2.75) is 13.0 Å². The summed E-state index contributed by atoms with van der Waals surface area (Å²) in [6.07, 6.45) is 0. The van der Waals surface area contributed by atoms with Gasteiger partial charge in [0.2, 0.25) is 0 Å². The van der Waals surface area contributed by atoms with Crippen molar-refractivity contribution < 1.29 is 13.9 Å². The molecule has 21 heavy (non-hydrogen) atoms. The largest absolute Gasteiger partial charge is 0.493 e. The molecule has 4 heteroatoms. The van der Waals surface area contributed by atoms with Crippen LogP contribution in [0.5, 0.6) is 11.5 Å². The number of benzene rings is 2. The van der Waals surface area contributed by atoms with Crippen LogP contribution in [0, 0.1) is 12.7 Å². The maximum Gasteiger partial charge on any atom is 0.161 e. The van der Waals surface area contributed by atoms with Gasteiger partial charge in [-0.05, 0) is 43.3 Å². The Kier molecular flexibility index (Phi) is 4.81. The molecule has 0 saturated carbocycles. The minimum Gasteiger partial charge on any atom is -0.493 e. The molecule has 112 valence electrons. The van der Waals surface area contributed by atoms with Crippen LogP contribution >= 0.6 is 0 Å². The molecule has 0 fully saturated rings. The molecule has 0 aliphatic heterocycles. The maximum atomic E-state index is 14.2. The van der Waals surface area contributed by atoms with Crippen molar-refractivity contribution in [3.63, 3.8) is 0 Å². The van der Waals surface area contributed by atoms with Gasteiger partial charge in [-0.15, -0.1) is 0 Å². The fourth-order valence-corrected chi connectivity index (χ4v) is 2.40. The van der Waals surface area contributed by atoms with Gasteiger partial charge in [-0.3, -0.25) is 0 Å². The predicted molar refractivity (Wildman–Crippen MR) is 81.6 cm³/mol. The molecule has 3 nitrogen and oxygen atoms in total. The van der Waals surface area contributed by atoms with E-state index in [1.54, 1.807) is 27.3 Å². The number of hydrogen-bond acceptors (Lipinski definition) is 3. The van der Waals surface area contributed by atoms with Crippen LogP contribution < -0.4 is 14.8 Å². The quantitative estimate of drug-likeness (QED) is 0.914. The van der Waals surface area contributed by atoms with E-state index in [0.29, 0.717) is 17.1 Å². The van der Waals surface area contributed by atoms with Gasteiger partial charge in [0.1, 0.15) is 5.82 Å². The lowest BCUT2D eigenvalue weighted by molar-refractivity contribution is 0.354. The molecule has 0 aliphatic carbocycles. The highest BCUT2D eigenvalue weighted by Crippen LogP contribution is 2.32. The fraction of sp³-hybridized carbons (Fsp3) is 0.294. The molecule has 0 amide bonds. The molecule has 0 heterocycles. The average molecular weight is 289 g/mol. The van der Waals surface area contributed by atoms with E-state index in [0.717, 1.165) is 11.1 Å². The second kappa shape index (κ2) is 6.59. The smallest absolute Gasteiger partial charge is 0.161 e. The van der Waals surface area contributed by atoms with Crippen LogP contribution in [-0.2, 0) is 0 Å². The van der Waals surface area contributed by atoms with Crippen molar-refractivity contribution in [1.82, 2.24) is 5.32 Å². The van der Waals surface area contributed by atoms with Crippen LogP contribution in [0.25, 0.3) is 0 Å². The van der Waals surface area contributed by atoms with Gasteiger partial charge in [0.15, 0.2) is 11.5 Å². The molecule has 2 aromatic rings. The first kappa shape index (κ1) is 15.3. The van der Waals surface area contributed by atoms with Crippen molar-refractivity contribution in [3.05, 3.63) is 58.9 Å². The lowest BCUT2D eigenvalue weighted by Gasteiger charge is -2.19. The summed E-state index contributed by atoms with van der Waals surface area (Å²) >= 11 is 0. The zero-order chi connectivity index (χ0) is 15.4. The van der Waals surface area contributed by atoms with Crippen LogP contribution in [0.4, 0.5) is 4.39 Å². The molecular formula is C17H20FNO2. The monoisotopic (exact) mass is 289 g/mol. The molecule has 2 aromatic carbocycles. The summed E-state index contributed by atoms with van der Waals surface area (Å²) in [5.41, 5.74) is 2.42. The third kappa shape index (κ3) is 3.16. The summed E-state index contributed by atoms with van der Waals surface area (Å²) in [5, 5.41) is 3.15. The Morgan fingerprint density at radius 2 is 1.71 bits per heavy atom. The second-order valence-electron chi connectivity index (χ2n) is 4.86. The van der Waals surface area contributed by atoms with E-state index in [4.69, 9.17) is 9.47 Å². The third-order valence-electron chi connectivity index (χ3n) is 3.50.